The maximum absolute atomic E-state index is 10.7. The van der Waals surface area contributed by atoms with Crippen LogP contribution in [0.5, 0.6) is 5.75 Å². The quantitative estimate of drug-likeness (QED) is 0.810. The van der Waals surface area contributed by atoms with Crippen LogP contribution in [0.1, 0.15) is 10.4 Å². The van der Waals surface area contributed by atoms with Crippen molar-refractivity contribution in [3.05, 3.63) is 36.0 Å². The highest BCUT2D eigenvalue weighted by molar-refractivity contribution is 5.92. The Hall–Kier alpha value is -2.10. The first kappa shape index (κ1) is 9.45. The van der Waals surface area contributed by atoms with Crippen LogP contribution < -0.4 is 4.74 Å². The van der Waals surface area contributed by atoms with Gasteiger partial charge < -0.3 is 9.84 Å². The molecule has 0 atom stereocenters. The summed E-state index contributed by atoms with van der Waals surface area (Å²) in [6, 6.07) is 6.91. The second-order valence-electron chi connectivity index (χ2n) is 3.09. The molecule has 0 unspecified atom stereocenters. The fraction of sp³-hybridized carbons (Fsp3) is 0.0909. The van der Waals surface area contributed by atoms with E-state index in [-0.39, 0.29) is 5.56 Å². The molecule has 0 aliphatic rings. The number of carboxylic acids is 1. The summed E-state index contributed by atoms with van der Waals surface area (Å²) in [5.74, 6) is -0.293. The Balaban J connectivity index is 2.62. The van der Waals surface area contributed by atoms with Crippen LogP contribution in [-0.2, 0) is 0 Å². The van der Waals surface area contributed by atoms with Gasteiger partial charge in [0.2, 0.25) is 0 Å². The molecule has 0 amide bonds. The second-order valence-corrected chi connectivity index (χ2v) is 3.09. The Morgan fingerprint density at radius 1 is 1.40 bits per heavy atom. The topological polar surface area (TPSA) is 59.4 Å². The van der Waals surface area contributed by atoms with Crippen LogP contribution in [-0.4, -0.2) is 23.2 Å². The molecule has 76 valence electrons. The molecule has 0 aliphatic heterocycles. The number of nitrogens with zero attached hydrogens (tertiary/aromatic N) is 1. The van der Waals surface area contributed by atoms with Crippen LogP contribution in [0, 0.1) is 0 Å². The van der Waals surface area contributed by atoms with Gasteiger partial charge in [0.1, 0.15) is 5.75 Å². The summed E-state index contributed by atoms with van der Waals surface area (Å²) in [5, 5.41) is 9.56. The molecule has 0 saturated carbocycles. The summed E-state index contributed by atoms with van der Waals surface area (Å²) in [6.45, 7) is 0. The lowest BCUT2D eigenvalue weighted by molar-refractivity contribution is 0.0696. The van der Waals surface area contributed by atoms with Gasteiger partial charge in [-0.3, -0.25) is 4.98 Å². The van der Waals surface area contributed by atoms with E-state index < -0.39 is 5.97 Å². The molecule has 0 bridgehead atoms. The van der Waals surface area contributed by atoms with Crippen LogP contribution in [0.15, 0.2) is 30.5 Å². The SMILES string of the molecule is COc1ccc2ncc(C(=O)O)cc2c1. The number of aromatic carboxylic acids is 1. The molecule has 0 aliphatic carbocycles. The average Bonchev–Trinajstić information content (AvgIpc) is 2.27. The van der Waals surface area contributed by atoms with Gasteiger partial charge in [0.25, 0.3) is 0 Å². The van der Waals surface area contributed by atoms with E-state index in [1.165, 1.54) is 6.20 Å². The summed E-state index contributed by atoms with van der Waals surface area (Å²) >= 11 is 0. The number of hydrogen-bond acceptors (Lipinski definition) is 3. The van der Waals surface area contributed by atoms with Gasteiger partial charge in [-0.05, 0) is 24.3 Å². The van der Waals surface area contributed by atoms with Gasteiger partial charge >= 0.3 is 5.97 Å². The zero-order chi connectivity index (χ0) is 10.8. The summed E-state index contributed by atoms with van der Waals surface area (Å²) in [7, 11) is 1.57. The zero-order valence-electron chi connectivity index (χ0n) is 8.10. The molecule has 0 spiro atoms. The van der Waals surface area contributed by atoms with Gasteiger partial charge in [-0.2, -0.15) is 0 Å². The minimum Gasteiger partial charge on any atom is -0.497 e. The number of ether oxygens (including phenoxy) is 1. The number of pyridine rings is 1. The van der Waals surface area contributed by atoms with Crippen molar-refractivity contribution in [3.63, 3.8) is 0 Å². The lowest BCUT2D eigenvalue weighted by Crippen LogP contribution is -1.97. The van der Waals surface area contributed by atoms with E-state index in [4.69, 9.17) is 9.84 Å². The van der Waals surface area contributed by atoms with E-state index >= 15 is 0 Å². The highest BCUT2D eigenvalue weighted by Gasteiger charge is 2.05. The molecule has 2 aromatic rings. The van der Waals surface area contributed by atoms with Crippen molar-refractivity contribution >= 4 is 16.9 Å². The number of aromatic nitrogens is 1. The fourth-order valence-electron chi connectivity index (χ4n) is 1.35. The van der Waals surface area contributed by atoms with E-state index in [1.54, 1.807) is 31.4 Å². The van der Waals surface area contributed by atoms with Gasteiger partial charge in [0, 0.05) is 11.6 Å². The Morgan fingerprint density at radius 3 is 2.87 bits per heavy atom. The van der Waals surface area contributed by atoms with E-state index in [2.05, 4.69) is 4.98 Å². The highest BCUT2D eigenvalue weighted by Crippen LogP contribution is 2.19. The number of rotatable bonds is 2. The first-order chi connectivity index (χ1) is 7.20. The standard InChI is InChI=1S/C11H9NO3/c1-15-9-2-3-10-7(5-9)4-8(6-12-10)11(13)14/h2-6H,1H3,(H,13,14). The molecular formula is C11H9NO3. The molecule has 4 nitrogen and oxygen atoms in total. The minimum atomic E-state index is -0.979. The monoisotopic (exact) mass is 203 g/mol. The fourth-order valence-corrected chi connectivity index (χ4v) is 1.35. The third kappa shape index (κ3) is 1.74. The third-order valence-corrected chi connectivity index (χ3v) is 2.14. The van der Waals surface area contributed by atoms with Crippen molar-refractivity contribution in [2.24, 2.45) is 0 Å². The summed E-state index contributed by atoms with van der Waals surface area (Å²) in [5.41, 5.74) is 0.927. The number of carboxylic acid groups (broad SMARTS) is 1. The average molecular weight is 203 g/mol. The Morgan fingerprint density at radius 2 is 2.20 bits per heavy atom. The van der Waals surface area contributed by atoms with Gasteiger partial charge in [-0.15, -0.1) is 0 Å². The van der Waals surface area contributed by atoms with E-state index in [0.717, 1.165) is 10.9 Å². The molecule has 0 saturated heterocycles. The number of hydrogen-bond donors (Lipinski definition) is 1. The van der Waals surface area contributed by atoms with Crippen molar-refractivity contribution in [2.75, 3.05) is 7.11 Å². The van der Waals surface area contributed by atoms with Crippen molar-refractivity contribution < 1.29 is 14.6 Å². The molecule has 2 rings (SSSR count). The van der Waals surface area contributed by atoms with Crippen LogP contribution >= 0.6 is 0 Å². The summed E-state index contributed by atoms with van der Waals surface area (Å²) in [4.78, 5) is 14.8. The van der Waals surface area contributed by atoms with Crippen LogP contribution in [0.2, 0.25) is 0 Å². The van der Waals surface area contributed by atoms with Gasteiger partial charge in [0.15, 0.2) is 0 Å². The number of methoxy groups -OCH3 is 1. The maximum atomic E-state index is 10.7. The van der Waals surface area contributed by atoms with Crippen molar-refractivity contribution in [1.29, 1.82) is 0 Å². The van der Waals surface area contributed by atoms with Crippen molar-refractivity contribution in [1.82, 2.24) is 4.98 Å². The van der Waals surface area contributed by atoms with Crippen molar-refractivity contribution in [3.8, 4) is 5.75 Å². The van der Waals surface area contributed by atoms with Crippen LogP contribution in [0.4, 0.5) is 0 Å². The third-order valence-electron chi connectivity index (χ3n) is 2.14. The molecule has 1 aromatic heterocycles. The van der Waals surface area contributed by atoms with Gasteiger partial charge in [-0.25, -0.2) is 4.79 Å². The second kappa shape index (κ2) is 3.57. The molecular weight excluding hydrogens is 194 g/mol. The first-order valence-electron chi connectivity index (χ1n) is 4.38. The van der Waals surface area contributed by atoms with Gasteiger partial charge in [-0.1, -0.05) is 0 Å². The molecule has 4 heteroatoms. The summed E-state index contributed by atoms with van der Waals surface area (Å²) < 4.78 is 5.05. The molecule has 0 radical (unpaired) electrons. The Bertz CT molecular complexity index is 522. The lowest BCUT2D eigenvalue weighted by atomic mass is 10.1. The molecule has 1 heterocycles. The van der Waals surface area contributed by atoms with Crippen LogP contribution in [0.25, 0.3) is 10.9 Å². The highest BCUT2D eigenvalue weighted by atomic mass is 16.5. The van der Waals surface area contributed by atoms with Crippen LogP contribution in [0.3, 0.4) is 0 Å². The zero-order valence-corrected chi connectivity index (χ0v) is 8.10. The Kier molecular flexibility index (Phi) is 2.25. The molecule has 15 heavy (non-hydrogen) atoms. The number of carbonyl (C=O) groups is 1. The van der Waals surface area contributed by atoms with Gasteiger partial charge in [0.05, 0.1) is 18.2 Å². The lowest BCUT2D eigenvalue weighted by Gasteiger charge is -2.02. The van der Waals surface area contributed by atoms with E-state index in [1.807, 2.05) is 0 Å². The number of fused-ring (bicyclic) bond motifs is 1. The largest absolute Gasteiger partial charge is 0.497 e. The predicted molar refractivity (Wildman–Crippen MR) is 55.3 cm³/mol. The molecule has 1 N–H and O–H groups in total. The minimum absolute atomic E-state index is 0.177. The van der Waals surface area contributed by atoms with Crippen molar-refractivity contribution in [2.45, 2.75) is 0 Å². The van der Waals surface area contributed by atoms with E-state index in [9.17, 15) is 4.79 Å². The summed E-state index contributed by atoms with van der Waals surface area (Å²) in [6.07, 6.45) is 1.34. The number of benzene rings is 1. The smallest absolute Gasteiger partial charge is 0.337 e. The maximum Gasteiger partial charge on any atom is 0.337 e. The predicted octanol–water partition coefficient (Wildman–Crippen LogP) is 1.94. The Labute approximate surface area is 86.1 Å². The molecule has 0 fully saturated rings. The first-order valence-corrected chi connectivity index (χ1v) is 4.38. The van der Waals surface area contributed by atoms with E-state index in [0.29, 0.717) is 5.75 Å². The molecule has 1 aromatic carbocycles. The normalized spacial score (nSPS) is 10.2.